The Morgan fingerprint density at radius 3 is 2.20 bits per heavy atom. The SMILES string of the molecule is CC1(C)CCC2CC1(C)N2. The van der Waals surface area contributed by atoms with Crippen molar-refractivity contribution in [2.24, 2.45) is 5.41 Å². The molecule has 10 heavy (non-hydrogen) atoms. The largest absolute Gasteiger partial charge is 0.308 e. The second-order valence-corrected chi connectivity index (χ2v) is 4.80. The van der Waals surface area contributed by atoms with E-state index in [0.717, 1.165) is 6.04 Å². The van der Waals surface area contributed by atoms with E-state index in [-0.39, 0.29) is 0 Å². The minimum Gasteiger partial charge on any atom is -0.308 e. The van der Waals surface area contributed by atoms with Gasteiger partial charge in [-0.3, -0.25) is 0 Å². The minimum absolute atomic E-state index is 0.468. The Bertz CT molecular complexity index is 145. The first-order chi connectivity index (χ1) is 4.54. The molecule has 2 unspecified atom stereocenters. The first kappa shape index (κ1) is 6.66. The Hall–Kier alpha value is -0.0400. The number of piperidine rings is 1. The second-order valence-electron chi connectivity index (χ2n) is 4.80. The van der Waals surface area contributed by atoms with Crippen molar-refractivity contribution in [1.29, 1.82) is 0 Å². The Morgan fingerprint density at radius 1 is 1.30 bits per heavy atom. The molecule has 1 nitrogen and oxygen atoms in total. The van der Waals surface area contributed by atoms with Crippen LogP contribution in [0.1, 0.15) is 40.0 Å². The van der Waals surface area contributed by atoms with E-state index in [4.69, 9.17) is 0 Å². The quantitative estimate of drug-likeness (QED) is 0.540. The van der Waals surface area contributed by atoms with Crippen molar-refractivity contribution in [3.8, 4) is 0 Å². The molecule has 2 saturated heterocycles. The first-order valence-electron chi connectivity index (χ1n) is 4.31. The average Bonchev–Trinajstić information content (AvgIpc) is 1.73. The van der Waals surface area contributed by atoms with Gasteiger partial charge >= 0.3 is 0 Å². The number of hydrogen-bond acceptors (Lipinski definition) is 1. The fourth-order valence-electron chi connectivity index (χ4n) is 2.38. The van der Waals surface area contributed by atoms with Crippen LogP contribution in [0, 0.1) is 5.41 Å². The van der Waals surface area contributed by atoms with Crippen LogP contribution < -0.4 is 5.32 Å². The van der Waals surface area contributed by atoms with Gasteiger partial charge in [0.05, 0.1) is 0 Å². The van der Waals surface area contributed by atoms with Gasteiger partial charge in [0, 0.05) is 11.6 Å². The Balaban J connectivity index is 2.21. The summed E-state index contributed by atoms with van der Waals surface area (Å²) in [4.78, 5) is 0. The fourth-order valence-corrected chi connectivity index (χ4v) is 2.38. The summed E-state index contributed by atoms with van der Waals surface area (Å²) in [7, 11) is 0. The molecular formula is C9H17N. The third-order valence-electron chi connectivity index (χ3n) is 3.79. The zero-order chi connectivity index (χ0) is 7.41. The van der Waals surface area contributed by atoms with Gasteiger partial charge in [-0.2, -0.15) is 0 Å². The van der Waals surface area contributed by atoms with E-state index in [9.17, 15) is 0 Å². The highest BCUT2D eigenvalue weighted by molar-refractivity contribution is 5.12. The Labute approximate surface area is 63.2 Å². The van der Waals surface area contributed by atoms with Crippen molar-refractivity contribution in [2.75, 3.05) is 0 Å². The van der Waals surface area contributed by atoms with Gasteiger partial charge in [-0.25, -0.2) is 0 Å². The molecule has 3 rings (SSSR count). The van der Waals surface area contributed by atoms with Crippen LogP contribution in [0.3, 0.4) is 0 Å². The molecule has 0 aromatic carbocycles. The maximum atomic E-state index is 3.65. The zero-order valence-corrected chi connectivity index (χ0v) is 7.20. The lowest BCUT2D eigenvalue weighted by Gasteiger charge is -2.61. The minimum atomic E-state index is 0.468. The molecule has 0 aromatic heterocycles. The molecule has 2 bridgehead atoms. The lowest BCUT2D eigenvalue weighted by atomic mass is 9.57. The van der Waals surface area contributed by atoms with Crippen molar-refractivity contribution in [3.05, 3.63) is 0 Å². The molecule has 2 aliphatic heterocycles. The highest BCUT2D eigenvalue weighted by Crippen LogP contribution is 2.50. The lowest BCUT2D eigenvalue weighted by molar-refractivity contribution is -0.0331. The van der Waals surface area contributed by atoms with Crippen LogP contribution in [-0.2, 0) is 0 Å². The van der Waals surface area contributed by atoms with Crippen molar-refractivity contribution in [1.82, 2.24) is 5.32 Å². The van der Waals surface area contributed by atoms with E-state index in [2.05, 4.69) is 26.1 Å². The summed E-state index contributed by atoms with van der Waals surface area (Å²) in [5.41, 5.74) is 0.998. The third kappa shape index (κ3) is 0.619. The molecule has 1 heteroatoms. The molecule has 58 valence electrons. The topological polar surface area (TPSA) is 12.0 Å². The van der Waals surface area contributed by atoms with Gasteiger partial charge < -0.3 is 5.32 Å². The van der Waals surface area contributed by atoms with Gasteiger partial charge in [-0.05, 0) is 31.6 Å². The first-order valence-corrected chi connectivity index (χ1v) is 4.31. The van der Waals surface area contributed by atoms with E-state index in [0.29, 0.717) is 11.0 Å². The van der Waals surface area contributed by atoms with Crippen LogP contribution in [0.2, 0.25) is 0 Å². The second kappa shape index (κ2) is 1.58. The number of nitrogens with one attached hydrogen (secondary N) is 1. The van der Waals surface area contributed by atoms with E-state index in [1.54, 1.807) is 0 Å². The normalized spacial score (nSPS) is 50.1. The van der Waals surface area contributed by atoms with E-state index in [1.165, 1.54) is 19.3 Å². The van der Waals surface area contributed by atoms with Gasteiger partial charge in [0.2, 0.25) is 0 Å². The van der Waals surface area contributed by atoms with Crippen LogP contribution in [0.25, 0.3) is 0 Å². The van der Waals surface area contributed by atoms with Crippen molar-refractivity contribution >= 4 is 0 Å². The van der Waals surface area contributed by atoms with Gasteiger partial charge in [0.15, 0.2) is 0 Å². The molecule has 1 N–H and O–H groups in total. The molecule has 0 spiro atoms. The van der Waals surface area contributed by atoms with E-state index in [1.807, 2.05) is 0 Å². The predicted molar refractivity (Wildman–Crippen MR) is 43.0 cm³/mol. The molecule has 0 amide bonds. The molecule has 2 atom stereocenters. The average molecular weight is 139 g/mol. The maximum absolute atomic E-state index is 3.65. The molecular weight excluding hydrogens is 122 g/mol. The summed E-state index contributed by atoms with van der Waals surface area (Å²) in [6.45, 7) is 7.13. The van der Waals surface area contributed by atoms with Crippen LogP contribution in [0.4, 0.5) is 0 Å². The molecule has 1 saturated carbocycles. The van der Waals surface area contributed by atoms with Gasteiger partial charge in [0.25, 0.3) is 0 Å². The fraction of sp³-hybridized carbons (Fsp3) is 1.00. The van der Waals surface area contributed by atoms with Crippen LogP contribution in [0.5, 0.6) is 0 Å². The predicted octanol–water partition coefficient (Wildman–Crippen LogP) is 1.93. The Kier molecular flexibility index (Phi) is 1.05. The molecule has 3 fully saturated rings. The summed E-state index contributed by atoms with van der Waals surface area (Å²) >= 11 is 0. The number of hydrogen-bond donors (Lipinski definition) is 1. The molecule has 0 radical (unpaired) electrons. The van der Waals surface area contributed by atoms with E-state index < -0.39 is 0 Å². The lowest BCUT2D eigenvalue weighted by Crippen LogP contribution is -2.71. The summed E-state index contributed by atoms with van der Waals surface area (Å²) in [5, 5.41) is 3.65. The van der Waals surface area contributed by atoms with Crippen LogP contribution in [0.15, 0.2) is 0 Å². The van der Waals surface area contributed by atoms with Crippen LogP contribution >= 0.6 is 0 Å². The molecule has 0 aromatic rings. The van der Waals surface area contributed by atoms with Crippen LogP contribution in [-0.4, -0.2) is 11.6 Å². The molecule has 3 aliphatic rings. The summed E-state index contributed by atoms with van der Waals surface area (Å²) in [6, 6.07) is 0.859. The standard InChI is InChI=1S/C9H17N/c1-8(2)5-4-7-6-9(8,3)10-7/h7,10H,4-6H2,1-3H3. The monoisotopic (exact) mass is 139 g/mol. The molecule has 2 heterocycles. The zero-order valence-electron chi connectivity index (χ0n) is 7.20. The van der Waals surface area contributed by atoms with Gasteiger partial charge in [0.1, 0.15) is 0 Å². The summed E-state index contributed by atoms with van der Waals surface area (Å²) in [5.74, 6) is 0. The number of fused-ring (bicyclic) bond motifs is 2. The van der Waals surface area contributed by atoms with Gasteiger partial charge in [-0.15, -0.1) is 0 Å². The highest BCUT2D eigenvalue weighted by Gasteiger charge is 2.53. The third-order valence-corrected chi connectivity index (χ3v) is 3.79. The van der Waals surface area contributed by atoms with Crippen molar-refractivity contribution < 1.29 is 0 Å². The molecule has 1 aliphatic carbocycles. The number of rotatable bonds is 0. The Morgan fingerprint density at radius 2 is 1.90 bits per heavy atom. The van der Waals surface area contributed by atoms with E-state index >= 15 is 0 Å². The van der Waals surface area contributed by atoms with Crippen molar-refractivity contribution in [2.45, 2.75) is 51.6 Å². The summed E-state index contributed by atoms with van der Waals surface area (Å²) in [6.07, 6.45) is 4.20. The van der Waals surface area contributed by atoms with Crippen molar-refractivity contribution in [3.63, 3.8) is 0 Å². The smallest absolute Gasteiger partial charge is 0.0221 e. The summed E-state index contributed by atoms with van der Waals surface area (Å²) < 4.78 is 0. The van der Waals surface area contributed by atoms with Gasteiger partial charge in [-0.1, -0.05) is 13.8 Å². The highest BCUT2D eigenvalue weighted by atomic mass is 15.1. The maximum Gasteiger partial charge on any atom is 0.0221 e.